The second-order valence-electron chi connectivity index (χ2n) is 3.47. The van der Waals surface area contributed by atoms with Crippen LogP contribution in [-0.4, -0.2) is 28.9 Å². The maximum absolute atomic E-state index is 11.6. The Kier molecular flexibility index (Phi) is 4.33. The summed E-state index contributed by atoms with van der Waals surface area (Å²) in [6.07, 6.45) is 1.12. The molecule has 17 heavy (non-hydrogen) atoms. The van der Waals surface area contributed by atoms with Crippen molar-refractivity contribution >= 4 is 9.84 Å². The summed E-state index contributed by atoms with van der Waals surface area (Å²) in [4.78, 5) is 0.0950. The van der Waals surface area contributed by atoms with Crippen LogP contribution >= 0.6 is 0 Å². The molecule has 0 bridgehead atoms. The van der Waals surface area contributed by atoms with Crippen LogP contribution in [0.4, 0.5) is 0 Å². The first-order chi connectivity index (χ1) is 7.93. The van der Waals surface area contributed by atoms with E-state index < -0.39 is 9.84 Å². The molecule has 0 fully saturated rings. The van der Waals surface area contributed by atoms with Crippen molar-refractivity contribution in [2.75, 3.05) is 20.5 Å². The van der Waals surface area contributed by atoms with Crippen molar-refractivity contribution in [2.24, 2.45) is 5.84 Å². The quantitative estimate of drug-likeness (QED) is 0.575. The van der Waals surface area contributed by atoms with Crippen LogP contribution in [0.25, 0.3) is 0 Å². The molecule has 0 heterocycles. The first-order valence-corrected chi connectivity index (χ1v) is 6.71. The molecule has 0 saturated carbocycles. The van der Waals surface area contributed by atoms with E-state index >= 15 is 0 Å². The molecule has 0 aliphatic heterocycles. The second kappa shape index (κ2) is 5.35. The van der Waals surface area contributed by atoms with Crippen molar-refractivity contribution in [3.63, 3.8) is 0 Å². The van der Waals surface area contributed by atoms with Gasteiger partial charge in [0.1, 0.15) is 16.4 Å². The number of methoxy groups -OCH3 is 2. The third kappa shape index (κ3) is 3.09. The number of ether oxygens (including phenoxy) is 2. The molecule has 6 nitrogen and oxygen atoms in total. The molecule has 0 radical (unpaired) electrons. The van der Waals surface area contributed by atoms with E-state index in [4.69, 9.17) is 15.3 Å². The van der Waals surface area contributed by atoms with E-state index in [1.54, 1.807) is 6.07 Å². The highest BCUT2D eigenvalue weighted by Gasteiger charge is 2.18. The largest absolute Gasteiger partial charge is 0.496 e. The van der Waals surface area contributed by atoms with Crippen LogP contribution in [0.15, 0.2) is 17.0 Å². The molecule has 1 aromatic carbocycles. The van der Waals surface area contributed by atoms with Crippen molar-refractivity contribution in [3.05, 3.63) is 17.7 Å². The van der Waals surface area contributed by atoms with Crippen LogP contribution in [0.2, 0.25) is 0 Å². The summed E-state index contributed by atoms with van der Waals surface area (Å²) in [5.74, 6) is 5.96. The average Bonchev–Trinajstić information content (AvgIpc) is 2.27. The summed E-state index contributed by atoms with van der Waals surface area (Å²) >= 11 is 0. The molecule has 0 spiro atoms. The average molecular weight is 260 g/mol. The molecular formula is C10H16N2O4S. The highest BCUT2D eigenvalue weighted by Crippen LogP contribution is 2.31. The first-order valence-electron chi connectivity index (χ1n) is 4.82. The fraction of sp³-hybridized carbons (Fsp3) is 0.400. The second-order valence-corrected chi connectivity index (χ2v) is 5.45. The number of hydrogen-bond donors (Lipinski definition) is 2. The molecule has 3 N–H and O–H groups in total. The summed E-state index contributed by atoms with van der Waals surface area (Å²) in [7, 11) is -0.488. The van der Waals surface area contributed by atoms with Gasteiger partial charge in [0.15, 0.2) is 9.84 Å². The Balaban J connectivity index is 3.43. The summed E-state index contributed by atoms with van der Waals surface area (Å²) in [5.41, 5.74) is 3.20. The smallest absolute Gasteiger partial charge is 0.179 e. The van der Waals surface area contributed by atoms with Crippen molar-refractivity contribution < 1.29 is 17.9 Å². The maximum atomic E-state index is 11.6. The Morgan fingerprint density at radius 2 is 1.82 bits per heavy atom. The lowest BCUT2D eigenvalue weighted by atomic mass is 10.2. The molecule has 0 unspecified atom stereocenters. The van der Waals surface area contributed by atoms with Gasteiger partial charge in [-0.2, -0.15) is 0 Å². The van der Waals surface area contributed by atoms with E-state index in [1.165, 1.54) is 20.3 Å². The summed E-state index contributed by atoms with van der Waals surface area (Å²) in [6, 6.07) is 3.02. The van der Waals surface area contributed by atoms with Gasteiger partial charge in [-0.3, -0.25) is 11.3 Å². The lowest BCUT2D eigenvalue weighted by Crippen LogP contribution is -2.21. The molecule has 7 heteroatoms. The maximum Gasteiger partial charge on any atom is 0.179 e. The number of hydrazine groups is 1. The van der Waals surface area contributed by atoms with Gasteiger partial charge < -0.3 is 9.47 Å². The predicted octanol–water partition coefficient (Wildman–Crippen LogP) is 0.0706. The van der Waals surface area contributed by atoms with Gasteiger partial charge in [0.25, 0.3) is 0 Å². The van der Waals surface area contributed by atoms with Crippen LogP contribution in [0.1, 0.15) is 5.56 Å². The Hall–Kier alpha value is -1.31. The molecule has 1 aromatic rings. The fourth-order valence-electron chi connectivity index (χ4n) is 1.47. The summed E-state index contributed by atoms with van der Waals surface area (Å²) in [5, 5.41) is 0. The SMILES string of the molecule is COc1cc(S(C)(=O)=O)c(OC)cc1CNN. The van der Waals surface area contributed by atoms with Crippen LogP contribution in [-0.2, 0) is 16.4 Å². The predicted molar refractivity (Wildman–Crippen MR) is 63.7 cm³/mol. The zero-order valence-corrected chi connectivity index (χ0v) is 10.8. The van der Waals surface area contributed by atoms with E-state index in [9.17, 15) is 8.42 Å². The van der Waals surface area contributed by atoms with Crippen LogP contribution in [0.3, 0.4) is 0 Å². The highest BCUT2D eigenvalue weighted by atomic mass is 32.2. The molecule has 0 aliphatic rings. The molecule has 0 saturated heterocycles. The molecule has 0 aliphatic carbocycles. The summed E-state index contributed by atoms with van der Waals surface area (Å²) < 4.78 is 33.3. The number of nitrogens with two attached hydrogens (primary N) is 1. The molecule has 0 amide bonds. The van der Waals surface area contributed by atoms with Gasteiger partial charge in [-0.05, 0) is 6.07 Å². The lowest BCUT2D eigenvalue weighted by molar-refractivity contribution is 0.387. The van der Waals surface area contributed by atoms with Crippen molar-refractivity contribution in [2.45, 2.75) is 11.4 Å². The molecule has 0 aromatic heterocycles. The fourth-order valence-corrected chi connectivity index (χ4v) is 2.30. The minimum Gasteiger partial charge on any atom is -0.496 e. The Morgan fingerprint density at radius 1 is 1.24 bits per heavy atom. The van der Waals surface area contributed by atoms with Gasteiger partial charge in [-0.25, -0.2) is 8.42 Å². The molecule has 96 valence electrons. The van der Waals surface area contributed by atoms with E-state index in [0.29, 0.717) is 12.3 Å². The minimum atomic E-state index is -3.37. The van der Waals surface area contributed by atoms with E-state index in [-0.39, 0.29) is 10.6 Å². The lowest BCUT2D eigenvalue weighted by Gasteiger charge is -2.13. The van der Waals surface area contributed by atoms with Gasteiger partial charge in [-0.1, -0.05) is 0 Å². The molecule has 1 rings (SSSR count). The Bertz CT molecular complexity index is 499. The minimum absolute atomic E-state index is 0.0950. The first kappa shape index (κ1) is 13.8. The highest BCUT2D eigenvalue weighted by molar-refractivity contribution is 7.90. The standard InChI is InChI=1S/C10H16N2O4S/c1-15-8-5-10(17(3,13)14)9(16-2)4-7(8)6-12-11/h4-5,12H,6,11H2,1-3H3. The molecular weight excluding hydrogens is 244 g/mol. The van der Waals surface area contributed by atoms with Crippen molar-refractivity contribution in [1.82, 2.24) is 5.43 Å². The van der Waals surface area contributed by atoms with Gasteiger partial charge in [0.05, 0.1) is 14.2 Å². The molecule has 0 atom stereocenters. The van der Waals surface area contributed by atoms with E-state index in [1.807, 2.05) is 0 Å². The zero-order valence-electron chi connectivity index (χ0n) is 9.98. The van der Waals surface area contributed by atoms with Crippen LogP contribution < -0.4 is 20.7 Å². The third-order valence-corrected chi connectivity index (χ3v) is 3.38. The van der Waals surface area contributed by atoms with E-state index in [2.05, 4.69) is 5.43 Å². The number of sulfone groups is 1. The van der Waals surface area contributed by atoms with Crippen molar-refractivity contribution in [3.8, 4) is 11.5 Å². The van der Waals surface area contributed by atoms with Crippen LogP contribution in [0, 0.1) is 0 Å². The number of nitrogens with one attached hydrogen (secondary N) is 1. The number of rotatable bonds is 5. The normalized spacial score (nSPS) is 11.3. The number of hydrogen-bond acceptors (Lipinski definition) is 6. The van der Waals surface area contributed by atoms with E-state index in [0.717, 1.165) is 11.8 Å². The topological polar surface area (TPSA) is 90.7 Å². The Labute approximate surface area is 101 Å². The van der Waals surface area contributed by atoms with Gasteiger partial charge >= 0.3 is 0 Å². The number of benzene rings is 1. The summed E-state index contributed by atoms with van der Waals surface area (Å²) in [6.45, 7) is 0.351. The Morgan fingerprint density at radius 3 is 2.24 bits per heavy atom. The zero-order chi connectivity index (χ0) is 13.1. The third-order valence-electron chi connectivity index (χ3n) is 2.26. The van der Waals surface area contributed by atoms with Gasteiger partial charge in [0, 0.05) is 24.4 Å². The monoisotopic (exact) mass is 260 g/mol. The van der Waals surface area contributed by atoms with Crippen molar-refractivity contribution in [1.29, 1.82) is 0 Å². The van der Waals surface area contributed by atoms with Gasteiger partial charge in [0.2, 0.25) is 0 Å². The van der Waals surface area contributed by atoms with Crippen LogP contribution in [0.5, 0.6) is 11.5 Å². The van der Waals surface area contributed by atoms with Gasteiger partial charge in [-0.15, -0.1) is 0 Å².